The summed E-state index contributed by atoms with van der Waals surface area (Å²) < 4.78 is 0. The van der Waals surface area contributed by atoms with Crippen molar-refractivity contribution in [3.8, 4) is 0 Å². The molecule has 0 aromatic carbocycles. The first-order chi connectivity index (χ1) is 4.31. The summed E-state index contributed by atoms with van der Waals surface area (Å²) in [5.41, 5.74) is 20.6. The van der Waals surface area contributed by atoms with Crippen molar-refractivity contribution in [3.63, 3.8) is 0 Å². The van der Waals surface area contributed by atoms with Crippen molar-refractivity contribution < 1.29 is 0 Å². The molecule has 0 heterocycles. The van der Waals surface area contributed by atoms with Gasteiger partial charge in [-0.2, -0.15) is 0 Å². The molecule has 9 heavy (non-hydrogen) atoms. The SMILES string of the molecule is [N-]=[N+]=NCC(N)N=[N+]=[N-]. The summed E-state index contributed by atoms with van der Waals surface area (Å²) in [7, 11) is 0. The second-order valence-corrected chi connectivity index (χ2v) is 1.19. The Morgan fingerprint density at radius 1 is 1.44 bits per heavy atom. The van der Waals surface area contributed by atoms with E-state index in [1.165, 1.54) is 0 Å². The van der Waals surface area contributed by atoms with E-state index in [1.807, 2.05) is 0 Å². The molecule has 0 amide bonds. The van der Waals surface area contributed by atoms with Crippen LogP contribution < -0.4 is 5.73 Å². The molecule has 1 atom stereocenters. The van der Waals surface area contributed by atoms with E-state index in [4.69, 9.17) is 16.8 Å². The minimum Gasteiger partial charge on any atom is -0.323 e. The van der Waals surface area contributed by atoms with Gasteiger partial charge in [0, 0.05) is 16.4 Å². The van der Waals surface area contributed by atoms with Crippen LogP contribution in [0.15, 0.2) is 10.2 Å². The molecule has 0 spiro atoms. The Kier molecular flexibility index (Phi) is 3.99. The molecule has 0 aliphatic rings. The third-order valence-corrected chi connectivity index (χ3v) is 0.532. The number of rotatable bonds is 3. The number of nitrogens with two attached hydrogens (primary N) is 1. The van der Waals surface area contributed by atoms with Gasteiger partial charge in [0.2, 0.25) is 0 Å². The highest BCUT2D eigenvalue weighted by Crippen LogP contribution is 1.82. The van der Waals surface area contributed by atoms with E-state index in [0.717, 1.165) is 0 Å². The standard InChI is InChI=1S/C2H5N7/c3-2(7-9-5)1-6-8-4/h2H,1,3H2. The zero-order valence-electron chi connectivity index (χ0n) is 4.55. The Balaban J connectivity index is 3.62. The molecular formula is C2H5N7. The molecule has 0 fully saturated rings. The van der Waals surface area contributed by atoms with Gasteiger partial charge in [0.1, 0.15) is 0 Å². The van der Waals surface area contributed by atoms with Gasteiger partial charge in [-0.3, -0.25) is 0 Å². The first kappa shape index (κ1) is 7.58. The molecule has 1 unspecified atom stereocenters. The number of hydrogen-bond donors (Lipinski definition) is 1. The van der Waals surface area contributed by atoms with Gasteiger partial charge in [0.15, 0.2) is 0 Å². The van der Waals surface area contributed by atoms with Gasteiger partial charge in [-0.15, -0.1) is 0 Å². The summed E-state index contributed by atoms with van der Waals surface area (Å²) in [5.74, 6) is 0. The highest BCUT2D eigenvalue weighted by Gasteiger charge is 1.92. The van der Waals surface area contributed by atoms with Crippen molar-refractivity contribution in [1.29, 1.82) is 0 Å². The fourth-order valence-electron chi connectivity index (χ4n) is 0.223. The minimum absolute atomic E-state index is 0.000556. The monoisotopic (exact) mass is 127 g/mol. The summed E-state index contributed by atoms with van der Waals surface area (Å²) in [6.07, 6.45) is -0.745. The molecule has 0 saturated heterocycles. The van der Waals surface area contributed by atoms with Crippen LogP contribution in [0.2, 0.25) is 0 Å². The van der Waals surface area contributed by atoms with Crippen molar-refractivity contribution in [2.75, 3.05) is 6.54 Å². The van der Waals surface area contributed by atoms with Crippen LogP contribution in [0.4, 0.5) is 0 Å². The minimum atomic E-state index is -0.745. The van der Waals surface area contributed by atoms with Gasteiger partial charge in [0.05, 0.1) is 6.17 Å². The van der Waals surface area contributed by atoms with Crippen molar-refractivity contribution in [2.45, 2.75) is 6.17 Å². The molecule has 7 nitrogen and oxygen atoms in total. The predicted octanol–water partition coefficient (Wildman–Crippen LogP) is 0.892. The first-order valence-corrected chi connectivity index (χ1v) is 2.12. The van der Waals surface area contributed by atoms with Crippen LogP contribution in [0.1, 0.15) is 0 Å². The van der Waals surface area contributed by atoms with Crippen LogP contribution in [-0.4, -0.2) is 12.7 Å². The predicted molar refractivity (Wildman–Crippen MR) is 31.1 cm³/mol. The largest absolute Gasteiger partial charge is 0.323 e. The van der Waals surface area contributed by atoms with Gasteiger partial charge >= 0.3 is 0 Å². The lowest BCUT2D eigenvalue weighted by Gasteiger charge is -1.93. The Labute approximate surface area is 50.7 Å². The number of azide groups is 2. The highest BCUT2D eigenvalue weighted by molar-refractivity contribution is 4.61. The Bertz CT molecular complexity index is 160. The summed E-state index contributed by atoms with van der Waals surface area (Å²) in [6.45, 7) is 0.000556. The maximum Gasteiger partial charge on any atom is 0.0892 e. The van der Waals surface area contributed by atoms with Crippen LogP contribution in [0.3, 0.4) is 0 Å². The van der Waals surface area contributed by atoms with Crippen molar-refractivity contribution in [2.24, 2.45) is 16.0 Å². The smallest absolute Gasteiger partial charge is 0.0892 e. The van der Waals surface area contributed by atoms with E-state index < -0.39 is 6.17 Å². The van der Waals surface area contributed by atoms with E-state index in [9.17, 15) is 0 Å². The molecule has 0 aromatic rings. The van der Waals surface area contributed by atoms with Crippen molar-refractivity contribution in [3.05, 3.63) is 20.9 Å². The van der Waals surface area contributed by atoms with Crippen LogP contribution >= 0.6 is 0 Å². The summed E-state index contributed by atoms with van der Waals surface area (Å²) >= 11 is 0. The summed E-state index contributed by atoms with van der Waals surface area (Å²) in [6, 6.07) is 0. The fraction of sp³-hybridized carbons (Fsp3) is 1.00. The maximum atomic E-state index is 7.78. The second-order valence-electron chi connectivity index (χ2n) is 1.19. The van der Waals surface area contributed by atoms with Crippen LogP contribution in [0.25, 0.3) is 20.9 Å². The van der Waals surface area contributed by atoms with Crippen LogP contribution in [0, 0.1) is 0 Å². The van der Waals surface area contributed by atoms with Crippen molar-refractivity contribution >= 4 is 0 Å². The number of hydrogen-bond acceptors (Lipinski definition) is 3. The van der Waals surface area contributed by atoms with Crippen LogP contribution in [-0.2, 0) is 0 Å². The van der Waals surface area contributed by atoms with Gasteiger partial charge < -0.3 is 5.73 Å². The molecule has 48 valence electrons. The maximum absolute atomic E-state index is 7.78. The Hall–Kier alpha value is -1.42. The summed E-state index contributed by atoms with van der Waals surface area (Å²) in [4.78, 5) is 4.82. The van der Waals surface area contributed by atoms with E-state index >= 15 is 0 Å². The lowest BCUT2D eigenvalue weighted by atomic mass is 10.6. The lowest BCUT2D eigenvalue weighted by molar-refractivity contribution is 0.709. The Morgan fingerprint density at radius 3 is 2.56 bits per heavy atom. The third-order valence-electron chi connectivity index (χ3n) is 0.532. The van der Waals surface area contributed by atoms with Gasteiger partial charge in [-0.25, -0.2) is 0 Å². The third kappa shape index (κ3) is 4.43. The van der Waals surface area contributed by atoms with E-state index in [-0.39, 0.29) is 6.54 Å². The Morgan fingerprint density at radius 2 is 2.11 bits per heavy atom. The van der Waals surface area contributed by atoms with Crippen molar-refractivity contribution in [1.82, 2.24) is 0 Å². The lowest BCUT2D eigenvalue weighted by Crippen LogP contribution is -2.19. The molecule has 0 rings (SSSR count). The van der Waals surface area contributed by atoms with Crippen LogP contribution in [0.5, 0.6) is 0 Å². The fourth-order valence-corrected chi connectivity index (χ4v) is 0.223. The quantitative estimate of drug-likeness (QED) is 0.337. The zero-order chi connectivity index (χ0) is 7.11. The van der Waals surface area contributed by atoms with Gasteiger partial charge in [-0.1, -0.05) is 10.2 Å². The molecular weight excluding hydrogens is 122 g/mol. The first-order valence-electron chi connectivity index (χ1n) is 2.12. The molecule has 0 bridgehead atoms. The molecule has 0 radical (unpaired) electrons. The molecule has 0 aliphatic carbocycles. The number of nitrogens with zero attached hydrogens (tertiary/aromatic N) is 6. The average molecular weight is 127 g/mol. The average Bonchev–Trinajstić information content (AvgIpc) is 1.85. The van der Waals surface area contributed by atoms with E-state index in [1.54, 1.807) is 0 Å². The van der Waals surface area contributed by atoms with E-state index in [0.29, 0.717) is 0 Å². The molecule has 0 aliphatic heterocycles. The highest BCUT2D eigenvalue weighted by atomic mass is 15.2. The molecule has 2 N–H and O–H groups in total. The molecule has 7 heteroatoms. The van der Waals surface area contributed by atoms with E-state index in [2.05, 4.69) is 20.1 Å². The normalized spacial score (nSPS) is 10.8. The topological polar surface area (TPSA) is 124 Å². The summed E-state index contributed by atoms with van der Waals surface area (Å²) in [5, 5.41) is 6.14. The van der Waals surface area contributed by atoms with Gasteiger partial charge in [0.25, 0.3) is 0 Å². The molecule has 0 saturated carbocycles. The van der Waals surface area contributed by atoms with Gasteiger partial charge in [-0.05, 0) is 11.1 Å². The zero-order valence-corrected chi connectivity index (χ0v) is 4.55. The second kappa shape index (κ2) is 4.73. The molecule has 0 aromatic heterocycles.